The Balaban J connectivity index is 1.27. The van der Waals surface area contributed by atoms with Gasteiger partial charge in [0, 0.05) is 55.7 Å². The van der Waals surface area contributed by atoms with Crippen LogP contribution in [0.5, 0.6) is 5.88 Å². The number of carbonyl (C=O) groups is 1. The van der Waals surface area contributed by atoms with Gasteiger partial charge in [0.2, 0.25) is 5.88 Å². The van der Waals surface area contributed by atoms with Gasteiger partial charge in [-0.2, -0.15) is 0 Å². The number of fused-ring (bicyclic) bond motifs is 2. The number of imidazole rings is 1. The number of anilines is 2. The van der Waals surface area contributed by atoms with E-state index in [1.165, 1.54) is 12.8 Å². The van der Waals surface area contributed by atoms with Crippen LogP contribution in [0.4, 0.5) is 11.4 Å². The number of hydrogen-bond donors (Lipinski definition) is 3. The molecule has 11 heteroatoms. The van der Waals surface area contributed by atoms with E-state index in [4.69, 9.17) is 4.74 Å². The summed E-state index contributed by atoms with van der Waals surface area (Å²) in [5, 5.41) is 11.4. The Morgan fingerprint density at radius 1 is 1.13 bits per heavy atom. The average Bonchev–Trinajstić information content (AvgIpc) is 3.48. The third kappa shape index (κ3) is 5.05. The van der Waals surface area contributed by atoms with E-state index in [0.717, 1.165) is 60.1 Å². The molecular weight excluding hydrogens is 500 g/mol. The number of pyridine rings is 2. The Morgan fingerprint density at radius 2 is 1.92 bits per heavy atom. The maximum absolute atomic E-state index is 13.6. The summed E-state index contributed by atoms with van der Waals surface area (Å²) in [6.45, 7) is 4.53. The van der Waals surface area contributed by atoms with Crippen LogP contribution >= 0.6 is 11.9 Å². The summed E-state index contributed by atoms with van der Waals surface area (Å²) in [5.74, 6) is 0.247. The lowest BCUT2D eigenvalue weighted by molar-refractivity contribution is 0.102. The molecule has 2 fully saturated rings. The molecule has 1 saturated carbocycles. The van der Waals surface area contributed by atoms with Crippen LogP contribution in [-0.2, 0) is 6.54 Å². The van der Waals surface area contributed by atoms with E-state index in [1.54, 1.807) is 23.6 Å². The zero-order valence-corrected chi connectivity index (χ0v) is 22.8. The number of amides is 1. The maximum atomic E-state index is 13.6. The number of rotatable bonds is 9. The molecule has 1 aliphatic heterocycles. The Kier molecular flexibility index (Phi) is 6.89. The van der Waals surface area contributed by atoms with Crippen LogP contribution in [0.25, 0.3) is 11.2 Å². The predicted octanol–water partition coefficient (Wildman–Crippen LogP) is 3.64. The molecule has 0 unspecified atom stereocenters. The number of aromatic nitrogens is 4. The van der Waals surface area contributed by atoms with E-state index in [0.29, 0.717) is 29.8 Å². The zero-order valence-electron chi connectivity index (χ0n) is 22.0. The van der Waals surface area contributed by atoms with E-state index in [-0.39, 0.29) is 5.91 Å². The molecule has 0 bridgehead atoms. The van der Waals surface area contributed by atoms with Crippen molar-refractivity contribution in [2.24, 2.45) is 0 Å². The van der Waals surface area contributed by atoms with E-state index in [2.05, 4.69) is 30.3 Å². The van der Waals surface area contributed by atoms with Crippen molar-refractivity contribution in [3.63, 3.8) is 0 Å². The van der Waals surface area contributed by atoms with Crippen molar-refractivity contribution < 1.29 is 9.53 Å². The molecule has 6 rings (SSSR count). The number of nitrogens with zero attached hydrogens (tertiary/aromatic N) is 5. The van der Waals surface area contributed by atoms with Crippen LogP contribution in [0, 0.1) is 6.92 Å². The molecule has 1 amide bonds. The SMILES string of the molecule is COc1cc2c(N3CCC(NC4CC4)CC3)ccc(C(=O)Nc3cc(CNSC)c4nc(C)cn4c3)n2n1. The van der Waals surface area contributed by atoms with Crippen molar-refractivity contribution in [2.75, 3.05) is 36.7 Å². The maximum Gasteiger partial charge on any atom is 0.274 e. The molecule has 0 aromatic carbocycles. The second kappa shape index (κ2) is 10.5. The highest BCUT2D eigenvalue weighted by Crippen LogP contribution is 2.30. The number of hydrogen-bond acceptors (Lipinski definition) is 8. The van der Waals surface area contributed by atoms with Crippen molar-refractivity contribution in [1.82, 2.24) is 29.0 Å². The van der Waals surface area contributed by atoms with E-state index >= 15 is 0 Å². The van der Waals surface area contributed by atoms with Gasteiger partial charge in [0.25, 0.3) is 5.91 Å². The molecule has 4 aromatic heterocycles. The van der Waals surface area contributed by atoms with Crippen LogP contribution in [0.2, 0.25) is 0 Å². The van der Waals surface area contributed by atoms with Crippen molar-refractivity contribution in [3.05, 3.63) is 53.6 Å². The normalized spacial score (nSPS) is 16.4. The Labute approximate surface area is 226 Å². The van der Waals surface area contributed by atoms with E-state index < -0.39 is 0 Å². The summed E-state index contributed by atoms with van der Waals surface area (Å²) >= 11 is 1.55. The molecule has 3 N–H and O–H groups in total. The molecule has 10 nitrogen and oxygen atoms in total. The first kappa shape index (κ1) is 25.0. The minimum Gasteiger partial charge on any atom is -0.480 e. The van der Waals surface area contributed by atoms with Gasteiger partial charge < -0.3 is 24.7 Å². The molecule has 0 spiro atoms. The molecular formula is C27H34N8O2S. The van der Waals surface area contributed by atoms with Crippen molar-refractivity contribution in [1.29, 1.82) is 0 Å². The van der Waals surface area contributed by atoms with Crippen LogP contribution in [0.1, 0.15) is 47.4 Å². The van der Waals surface area contributed by atoms with Gasteiger partial charge in [-0.3, -0.25) is 9.52 Å². The Morgan fingerprint density at radius 3 is 2.66 bits per heavy atom. The molecule has 4 aromatic rings. The fourth-order valence-corrected chi connectivity index (χ4v) is 5.58. The van der Waals surface area contributed by atoms with Gasteiger partial charge in [-0.15, -0.1) is 5.10 Å². The van der Waals surface area contributed by atoms with Crippen molar-refractivity contribution in [3.8, 4) is 5.88 Å². The van der Waals surface area contributed by atoms with Gasteiger partial charge in [0.15, 0.2) is 0 Å². The topological polar surface area (TPSA) is 100 Å². The summed E-state index contributed by atoms with van der Waals surface area (Å²) in [5.41, 5.74) is 5.89. The number of ether oxygens (including phenoxy) is 1. The smallest absolute Gasteiger partial charge is 0.274 e. The monoisotopic (exact) mass is 534 g/mol. The highest BCUT2D eigenvalue weighted by atomic mass is 32.2. The van der Waals surface area contributed by atoms with Crippen LogP contribution in [0.15, 0.2) is 36.7 Å². The quantitative estimate of drug-likeness (QED) is 0.280. The van der Waals surface area contributed by atoms with Gasteiger partial charge in [-0.25, -0.2) is 9.50 Å². The molecule has 0 radical (unpaired) electrons. The van der Waals surface area contributed by atoms with Crippen LogP contribution in [-0.4, -0.2) is 63.4 Å². The average molecular weight is 535 g/mol. The summed E-state index contributed by atoms with van der Waals surface area (Å²) in [7, 11) is 1.60. The first-order valence-corrected chi connectivity index (χ1v) is 14.4. The standard InChI is InChI=1S/C27H34N8O2S/c1-17-15-34-16-21(12-18(14-28-38-3)26(34)29-17)31-27(36)23-7-6-22(24-13-25(37-2)32-35(23)24)33-10-8-20(9-11-33)30-19-4-5-19/h6-7,12-13,15-16,19-20,28,30H,4-5,8-11,14H2,1-3H3,(H,31,36). The number of nitrogens with one attached hydrogen (secondary N) is 3. The second-order valence-corrected chi connectivity index (χ2v) is 10.8. The number of piperidine rings is 1. The molecule has 200 valence electrons. The first-order valence-electron chi connectivity index (χ1n) is 13.2. The summed E-state index contributed by atoms with van der Waals surface area (Å²) in [6.07, 6.45) is 10.7. The van der Waals surface area contributed by atoms with Gasteiger partial charge in [-0.1, -0.05) is 11.9 Å². The highest BCUT2D eigenvalue weighted by molar-refractivity contribution is 7.96. The third-order valence-corrected chi connectivity index (χ3v) is 7.75. The molecule has 0 atom stereocenters. The van der Waals surface area contributed by atoms with Gasteiger partial charge in [-0.05, 0) is 57.1 Å². The lowest BCUT2D eigenvalue weighted by Gasteiger charge is -2.34. The number of aryl methyl sites for hydroxylation is 1. The largest absolute Gasteiger partial charge is 0.480 e. The second-order valence-electron chi connectivity index (χ2n) is 10.1. The molecule has 1 saturated heterocycles. The summed E-state index contributed by atoms with van der Waals surface area (Å²) in [6, 6.07) is 9.09. The van der Waals surface area contributed by atoms with E-state index in [1.807, 2.05) is 54.2 Å². The van der Waals surface area contributed by atoms with Crippen LogP contribution < -0.4 is 25.0 Å². The van der Waals surface area contributed by atoms with Crippen molar-refractivity contribution in [2.45, 2.75) is 51.2 Å². The minimum atomic E-state index is -0.236. The first-order chi connectivity index (χ1) is 18.5. The lowest BCUT2D eigenvalue weighted by Crippen LogP contribution is -2.43. The molecule has 38 heavy (non-hydrogen) atoms. The molecule has 1 aliphatic carbocycles. The molecule has 2 aliphatic rings. The molecule has 5 heterocycles. The fraction of sp³-hybridized carbons (Fsp3) is 0.444. The van der Waals surface area contributed by atoms with Crippen LogP contribution in [0.3, 0.4) is 0 Å². The minimum absolute atomic E-state index is 0.236. The Bertz CT molecular complexity index is 1470. The number of methoxy groups -OCH3 is 1. The Hall–Kier alpha value is -3.28. The van der Waals surface area contributed by atoms with Gasteiger partial charge in [0.1, 0.15) is 11.3 Å². The fourth-order valence-electron chi connectivity index (χ4n) is 5.28. The lowest BCUT2D eigenvalue weighted by atomic mass is 10.0. The highest BCUT2D eigenvalue weighted by Gasteiger charge is 2.28. The van der Waals surface area contributed by atoms with Gasteiger partial charge in [0.05, 0.1) is 29.7 Å². The number of carbonyl (C=O) groups excluding carboxylic acids is 1. The summed E-state index contributed by atoms with van der Waals surface area (Å²) in [4.78, 5) is 20.6. The summed E-state index contributed by atoms with van der Waals surface area (Å²) < 4.78 is 12.4. The predicted molar refractivity (Wildman–Crippen MR) is 151 cm³/mol. The van der Waals surface area contributed by atoms with Crippen molar-refractivity contribution >= 4 is 40.4 Å². The third-order valence-electron chi connectivity index (χ3n) is 7.32. The van der Waals surface area contributed by atoms with Gasteiger partial charge >= 0.3 is 0 Å². The zero-order chi connectivity index (χ0) is 26.2. The van der Waals surface area contributed by atoms with E-state index in [9.17, 15) is 4.79 Å².